The molecule has 136 valence electrons. The first kappa shape index (κ1) is 18.3. The summed E-state index contributed by atoms with van der Waals surface area (Å²) < 4.78 is 47.1. The number of alkyl halides is 3. The van der Waals surface area contributed by atoms with E-state index in [1.165, 1.54) is 12.1 Å². The number of rotatable bonds is 5. The molecule has 3 rings (SSSR count). The highest BCUT2D eigenvalue weighted by molar-refractivity contribution is 5.72. The normalized spacial score (nSPS) is 10.9. The van der Waals surface area contributed by atoms with Crippen LogP contribution in [0.1, 0.15) is 11.1 Å². The lowest BCUT2D eigenvalue weighted by molar-refractivity contribution is -0.274. The quantitative estimate of drug-likeness (QED) is 0.579. The zero-order valence-corrected chi connectivity index (χ0v) is 14.0. The van der Waals surface area contributed by atoms with Crippen molar-refractivity contribution in [2.45, 2.75) is 13.0 Å². The van der Waals surface area contributed by atoms with Gasteiger partial charge in [-0.25, -0.2) is 0 Å². The average molecular weight is 369 g/mol. The zero-order chi connectivity index (χ0) is 19.3. The second-order valence-corrected chi connectivity index (χ2v) is 5.64. The Morgan fingerprint density at radius 2 is 1.56 bits per heavy atom. The van der Waals surface area contributed by atoms with Crippen LogP contribution < -0.4 is 9.47 Å². The number of halogens is 3. The second-order valence-electron chi connectivity index (χ2n) is 5.64. The summed E-state index contributed by atoms with van der Waals surface area (Å²) in [6, 6.07) is 22.4. The molecule has 0 unspecified atom stereocenters. The molecule has 3 aromatic carbocycles. The van der Waals surface area contributed by atoms with Crippen LogP contribution in [0.4, 0.5) is 13.2 Å². The largest absolute Gasteiger partial charge is 0.573 e. The molecule has 3 aromatic rings. The number of para-hydroxylation sites is 1. The summed E-state index contributed by atoms with van der Waals surface area (Å²) in [6.07, 6.45) is -4.86. The average Bonchev–Trinajstić information content (AvgIpc) is 2.66. The molecule has 0 aliphatic rings. The van der Waals surface area contributed by atoms with E-state index in [4.69, 9.17) is 4.74 Å². The fraction of sp³-hybridized carbons (Fsp3) is 0.0952. The first-order chi connectivity index (χ1) is 13.0. The molecule has 0 saturated carbocycles. The van der Waals surface area contributed by atoms with Crippen molar-refractivity contribution in [3.8, 4) is 28.7 Å². The maximum absolute atomic E-state index is 12.5. The molecule has 0 fully saturated rings. The molecule has 0 amide bonds. The van der Waals surface area contributed by atoms with Gasteiger partial charge in [-0.05, 0) is 29.3 Å². The summed E-state index contributed by atoms with van der Waals surface area (Å²) in [7, 11) is 0. The van der Waals surface area contributed by atoms with Crippen LogP contribution in [-0.4, -0.2) is 6.36 Å². The maximum Gasteiger partial charge on any atom is 0.573 e. The molecule has 0 radical (unpaired) electrons. The van der Waals surface area contributed by atoms with Crippen molar-refractivity contribution in [2.24, 2.45) is 0 Å². The van der Waals surface area contributed by atoms with E-state index >= 15 is 0 Å². The lowest BCUT2D eigenvalue weighted by Gasteiger charge is -2.14. The Labute approximate surface area is 154 Å². The van der Waals surface area contributed by atoms with Gasteiger partial charge in [0.15, 0.2) is 0 Å². The van der Waals surface area contributed by atoms with Crippen LogP contribution in [0, 0.1) is 11.3 Å². The van der Waals surface area contributed by atoms with E-state index < -0.39 is 12.1 Å². The van der Waals surface area contributed by atoms with E-state index in [0.29, 0.717) is 23.5 Å². The van der Waals surface area contributed by atoms with E-state index in [2.05, 4.69) is 4.74 Å². The van der Waals surface area contributed by atoms with E-state index in [1.54, 1.807) is 30.3 Å². The van der Waals surface area contributed by atoms with Crippen LogP contribution in [-0.2, 0) is 6.61 Å². The molecule has 0 spiro atoms. The summed E-state index contributed by atoms with van der Waals surface area (Å²) >= 11 is 0. The Balaban J connectivity index is 1.89. The number of nitriles is 1. The van der Waals surface area contributed by atoms with Gasteiger partial charge in [0.05, 0.1) is 5.56 Å². The number of hydrogen-bond donors (Lipinski definition) is 0. The topological polar surface area (TPSA) is 42.2 Å². The standard InChI is InChI=1S/C21H14F3NO2/c22-21(23,24)27-19-11-10-16(12-17(19)13-25)18-8-4-5-9-20(18)26-14-15-6-2-1-3-7-15/h1-12H,14H2. The number of nitrogens with zero attached hydrogens (tertiary/aromatic N) is 1. The van der Waals surface area contributed by atoms with Crippen molar-refractivity contribution in [2.75, 3.05) is 0 Å². The summed E-state index contributed by atoms with van der Waals surface area (Å²) in [5.41, 5.74) is 2.01. The Kier molecular flexibility index (Phi) is 5.32. The summed E-state index contributed by atoms with van der Waals surface area (Å²) in [4.78, 5) is 0. The van der Waals surface area contributed by atoms with E-state index in [9.17, 15) is 18.4 Å². The molecule has 6 heteroatoms. The first-order valence-electron chi connectivity index (χ1n) is 8.02. The van der Waals surface area contributed by atoms with Crippen LogP contribution in [0.3, 0.4) is 0 Å². The Morgan fingerprint density at radius 1 is 0.852 bits per heavy atom. The van der Waals surface area contributed by atoms with Gasteiger partial charge in [-0.1, -0.05) is 54.6 Å². The summed E-state index contributed by atoms with van der Waals surface area (Å²) in [5.74, 6) is 0.0335. The molecule has 0 saturated heterocycles. The number of benzene rings is 3. The van der Waals surface area contributed by atoms with Gasteiger partial charge in [0.25, 0.3) is 0 Å². The molecule has 0 atom stereocenters. The molecular weight excluding hydrogens is 355 g/mol. The lowest BCUT2D eigenvalue weighted by Crippen LogP contribution is -2.17. The number of hydrogen-bond acceptors (Lipinski definition) is 3. The highest BCUT2D eigenvalue weighted by atomic mass is 19.4. The summed E-state index contributed by atoms with van der Waals surface area (Å²) in [5, 5.41) is 9.18. The van der Waals surface area contributed by atoms with Gasteiger partial charge in [0.1, 0.15) is 24.2 Å². The van der Waals surface area contributed by atoms with Crippen LogP contribution in [0.5, 0.6) is 11.5 Å². The van der Waals surface area contributed by atoms with E-state index in [0.717, 1.165) is 11.6 Å². The summed E-state index contributed by atoms with van der Waals surface area (Å²) in [6.45, 7) is 0.345. The van der Waals surface area contributed by atoms with Gasteiger partial charge >= 0.3 is 6.36 Å². The maximum atomic E-state index is 12.5. The Morgan fingerprint density at radius 3 is 2.26 bits per heavy atom. The van der Waals surface area contributed by atoms with Crippen LogP contribution >= 0.6 is 0 Å². The molecule has 27 heavy (non-hydrogen) atoms. The van der Waals surface area contributed by atoms with Gasteiger partial charge in [-0.15, -0.1) is 13.2 Å². The molecule has 0 aromatic heterocycles. The van der Waals surface area contributed by atoms with Gasteiger partial charge in [0, 0.05) is 5.56 Å². The molecule has 0 aliphatic heterocycles. The zero-order valence-electron chi connectivity index (χ0n) is 14.0. The van der Waals surface area contributed by atoms with Crippen LogP contribution in [0.25, 0.3) is 11.1 Å². The van der Waals surface area contributed by atoms with Crippen molar-refractivity contribution in [1.82, 2.24) is 0 Å². The third-order valence-electron chi connectivity index (χ3n) is 3.76. The van der Waals surface area contributed by atoms with Gasteiger partial charge < -0.3 is 9.47 Å². The minimum Gasteiger partial charge on any atom is -0.488 e. The molecule has 0 aliphatic carbocycles. The monoisotopic (exact) mass is 369 g/mol. The van der Waals surface area contributed by atoms with Gasteiger partial charge in [0.2, 0.25) is 0 Å². The molecule has 0 N–H and O–H groups in total. The van der Waals surface area contributed by atoms with E-state index in [1.807, 2.05) is 30.3 Å². The minimum atomic E-state index is -4.86. The minimum absolute atomic E-state index is 0.206. The van der Waals surface area contributed by atoms with Gasteiger partial charge in [-0.3, -0.25) is 0 Å². The fourth-order valence-corrected chi connectivity index (χ4v) is 2.56. The molecule has 0 heterocycles. The lowest BCUT2D eigenvalue weighted by atomic mass is 10.0. The Hall–Kier alpha value is -3.46. The van der Waals surface area contributed by atoms with Crippen molar-refractivity contribution in [1.29, 1.82) is 5.26 Å². The molecular formula is C21H14F3NO2. The van der Waals surface area contributed by atoms with Crippen molar-refractivity contribution in [3.63, 3.8) is 0 Å². The van der Waals surface area contributed by atoms with E-state index in [-0.39, 0.29) is 5.56 Å². The third-order valence-corrected chi connectivity index (χ3v) is 3.76. The number of ether oxygens (including phenoxy) is 2. The Bertz CT molecular complexity index is 963. The highest BCUT2D eigenvalue weighted by Crippen LogP contribution is 2.34. The SMILES string of the molecule is N#Cc1cc(-c2ccccc2OCc2ccccc2)ccc1OC(F)(F)F. The van der Waals surface area contributed by atoms with Crippen LogP contribution in [0.2, 0.25) is 0 Å². The smallest absolute Gasteiger partial charge is 0.488 e. The highest BCUT2D eigenvalue weighted by Gasteiger charge is 2.32. The predicted molar refractivity (Wildman–Crippen MR) is 94.1 cm³/mol. The van der Waals surface area contributed by atoms with Crippen molar-refractivity contribution >= 4 is 0 Å². The van der Waals surface area contributed by atoms with Crippen LogP contribution in [0.15, 0.2) is 72.8 Å². The van der Waals surface area contributed by atoms with Crippen molar-refractivity contribution in [3.05, 3.63) is 83.9 Å². The first-order valence-corrected chi connectivity index (χ1v) is 8.02. The van der Waals surface area contributed by atoms with Crippen molar-refractivity contribution < 1.29 is 22.6 Å². The second kappa shape index (κ2) is 7.83. The predicted octanol–water partition coefficient (Wildman–Crippen LogP) is 5.70. The third kappa shape index (κ3) is 4.79. The van der Waals surface area contributed by atoms with Gasteiger partial charge in [-0.2, -0.15) is 5.26 Å². The molecule has 3 nitrogen and oxygen atoms in total. The molecule has 0 bridgehead atoms. The fourth-order valence-electron chi connectivity index (χ4n) is 2.56.